The minimum Gasteiger partial charge on any atom is -0.354 e. The van der Waals surface area contributed by atoms with Gasteiger partial charge in [-0.1, -0.05) is 19.3 Å². The van der Waals surface area contributed by atoms with E-state index in [-0.39, 0.29) is 24.0 Å². The summed E-state index contributed by atoms with van der Waals surface area (Å²) in [4.78, 5) is 4.27. The normalized spacial score (nSPS) is 16.8. The van der Waals surface area contributed by atoms with E-state index in [9.17, 15) is 0 Å². The van der Waals surface area contributed by atoms with Gasteiger partial charge in [0, 0.05) is 38.4 Å². The summed E-state index contributed by atoms with van der Waals surface area (Å²) in [5.41, 5.74) is 1.17. The molecule has 1 aliphatic carbocycles. The molecular formula is C13H24IN5. The van der Waals surface area contributed by atoms with Crippen LogP contribution >= 0.6 is 24.0 Å². The zero-order valence-corrected chi connectivity index (χ0v) is 14.1. The van der Waals surface area contributed by atoms with E-state index < -0.39 is 0 Å². The van der Waals surface area contributed by atoms with Gasteiger partial charge in [-0.05, 0) is 12.8 Å². The number of hydrogen-bond acceptors (Lipinski definition) is 2. The lowest BCUT2D eigenvalue weighted by Gasteiger charge is -2.24. The highest BCUT2D eigenvalue weighted by Crippen LogP contribution is 2.17. The third kappa shape index (κ3) is 5.38. The number of hydrogen-bond donors (Lipinski definition) is 2. The number of halogens is 1. The Morgan fingerprint density at radius 2 is 2.16 bits per heavy atom. The third-order valence-corrected chi connectivity index (χ3v) is 3.39. The number of aryl methyl sites for hydroxylation is 1. The molecule has 1 heterocycles. The fourth-order valence-electron chi connectivity index (χ4n) is 2.38. The Labute approximate surface area is 132 Å². The molecule has 0 aromatic carbocycles. The maximum absolute atomic E-state index is 4.27. The number of nitrogens with one attached hydrogen (secondary N) is 2. The molecule has 2 rings (SSSR count). The molecule has 0 aliphatic heterocycles. The summed E-state index contributed by atoms with van der Waals surface area (Å²) in [5.74, 6) is 0.894. The molecule has 0 radical (unpaired) electrons. The fraction of sp³-hybridized carbons (Fsp3) is 0.692. The summed E-state index contributed by atoms with van der Waals surface area (Å²) in [6, 6.07) is 0.582. The first-order valence-electron chi connectivity index (χ1n) is 6.72. The van der Waals surface area contributed by atoms with Crippen LogP contribution in [-0.4, -0.2) is 28.8 Å². The summed E-state index contributed by atoms with van der Waals surface area (Å²) >= 11 is 0. The van der Waals surface area contributed by atoms with Crippen molar-refractivity contribution in [2.24, 2.45) is 12.0 Å². The van der Waals surface area contributed by atoms with E-state index in [4.69, 9.17) is 0 Å². The second-order valence-electron chi connectivity index (χ2n) is 4.93. The number of guanidine groups is 1. The average molecular weight is 377 g/mol. The predicted octanol–water partition coefficient (Wildman–Crippen LogP) is 2.04. The van der Waals surface area contributed by atoms with Crippen LogP contribution in [0.3, 0.4) is 0 Å². The van der Waals surface area contributed by atoms with Crippen LogP contribution < -0.4 is 10.6 Å². The van der Waals surface area contributed by atoms with Gasteiger partial charge < -0.3 is 10.6 Å². The molecule has 0 amide bonds. The zero-order chi connectivity index (χ0) is 12.8. The summed E-state index contributed by atoms with van der Waals surface area (Å²) < 4.78 is 1.81. The Kier molecular flexibility index (Phi) is 7.19. The molecule has 0 unspecified atom stereocenters. The second-order valence-corrected chi connectivity index (χ2v) is 4.93. The van der Waals surface area contributed by atoms with Crippen LogP contribution in [0, 0.1) is 0 Å². The van der Waals surface area contributed by atoms with E-state index in [1.807, 2.05) is 31.2 Å². The van der Waals surface area contributed by atoms with Crippen LogP contribution in [0.25, 0.3) is 0 Å². The first-order valence-corrected chi connectivity index (χ1v) is 6.72. The highest BCUT2D eigenvalue weighted by molar-refractivity contribution is 14.0. The van der Waals surface area contributed by atoms with Gasteiger partial charge in [0.15, 0.2) is 5.96 Å². The highest BCUT2D eigenvalue weighted by atomic mass is 127. The number of aromatic nitrogens is 2. The standard InChI is InChI=1S/C13H23N5.HI/c1-14-13(17-12-6-4-3-5-7-12)15-8-11-9-16-18(2)10-11;/h9-10,12H,3-8H2,1-2H3,(H2,14,15,17);1H. The molecule has 1 fully saturated rings. The monoisotopic (exact) mass is 377 g/mol. The third-order valence-electron chi connectivity index (χ3n) is 3.39. The summed E-state index contributed by atoms with van der Waals surface area (Å²) in [6.45, 7) is 0.764. The summed E-state index contributed by atoms with van der Waals surface area (Å²) in [7, 11) is 3.75. The smallest absolute Gasteiger partial charge is 0.191 e. The van der Waals surface area contributed by atoms with E-state index in [1.165, 1.54) is 37.7 Å². The quantitative estimate of drug-likeness (QED) is 0.482. The van der Waals surface area contributed by atoms with E-state index in [0.717, 1.165) is 12.5 Å². The van der Waals surface area contributed by atoms with E-state index in [2.05, 4.69) is 20.7 Å². The molecule has 0 saturated heterocycles. The Bertz CT molecular complexity index is 395. The van der Waals surface area contributed by atoms with Crippen molar-refractivity contribution in [3.05, 3.63) is 18.0 Å². The minimum absolute atomic E-state index is 0. The van der Waals surface area contributed by atoms with E-state index in [0.29, 0.717) is 6.04 Å². The highest BCUT2D eigenvalue weighted by Gasteiger charge is 2.14. The molecule has 108 valence electrons. The van der Waals surface area contributed by atoms with E-state index >= 15 is 0 Å². The minimum atomic E-state index is 0. The molecular weight excluding hydrogens is 353 g/mol. The van der Waals surface area contributed by atoms with Crippen LogP contribution in [0.15, 0.2) is 17.4 Å². The van der Waals surface area contributed by atoms with Crippen LogP contribution in [0.2, 0.25) is 0 Å². The number of rotatable bonds is 3. The second kappa shape index (κ2) is 8.39. The summed E-state index contributed by atoms with van der Waals surface area (Å²) in [5, 5.41) is 11.0. The largest absolute Gasteiger partial charge is 0.354 e. The van der Waals surface area contributed by atoms with Gasteiger partial charge in [-0.15, -0.1) is 24.0 Å². The lowest BCUT2D eigenvalue weighted by atomic mass is 9.96. The predicted molar refractivity (Wildman–Crippen MR) is 88.8 cm³/mol. The fourth-order valence-corrected chi connectivity index (χ4v) is 2.38. The Morgan fingerprint density at radius 1 is 1.42 bits per heavy atom. The van der Waals surface area contributed by atoms with Crippen molar-refractivity contribution in [1.82, 2.24) is 20.4 Å². The van der Waals surface area contributed by atoms with Crippen molar-refractivity contribution < 1.29 is 0 Å². The van der Waals surface area contributed by atoms with Gasteiger partial charge in [0.25, 0.3) is 0 Å². The van der Waals surface area contributed by atoms with Gasteiger partial charge in [-0.3, -0.25) is 9.67 Å². The van der Waals surface area contributed by atoms with Crippen LogP contribution in [0.5, 0.6) is 0 Å². The summed E-state index contributed by atoms with van der Waals surface area (Å²) in [6.07, 6.45) is 10.4. The van der Waals surface area contributed by atoms with Crippen LogP contribution in [0.1, 0.15) is 37.7 Å². The maximum Gasteiger partial charge on any atom is 0.191 e. The molecule has 5 nitrogen and oxygen atoms in total. The maximum atomic E-state index is 4.27. The van der Waals surface area contributed by atoms with Gasteiger partial charge in [0.2, 0.25) is 0 Å². The lowest BCUT2D eigenvalue weighted by Crippen LogP contribution is -2.43. The Morgan fingerprint density at radius 3 is 2.74 bits per heavy atom. The molecule has 6 heteroatoms. The zero-order valence-electron chi connectivity index (χ0n) is 11.7. The van der Waals surface area contributed by atoms with Crippen molar-refractivity contribution in [3.8, 4) is 0 Å². The number of nitrogens with zero attached hydrogens (tertiary/aromatic N) is 3. The van der Waals surface area contributed by atoms with Crippen molar-refractivity contribution in [1.29, 1.82) is 0 Å². The van der Waals surface area contributed by atoms with Crippen molar-refractivity contribution in [2.75, 3.05) is 7.05 Å². The molecule has 1 aromatic heterocycles. The Balaban J connectivity index is 0.00000180. The van der Waals surface area contributed by atoms with Gasteiger partial charge in [0.05, 0.1) is 6.20 Å². The van der Waals surface area contributed by atoms with Crippen LogP contribution in [0.4, 0.5) is 0 Å². The topological polar surface area (TPSA) is 54.2 Å². The molecule has 1 aromatic rings. The van der Waals surface area contributed by atoms with Gasteiger partial charge in [-0.2, -0.15) is 5.10 Å². The van der Waals surface area contributed by atoms with Gasteiger partial charge in [0.1, 0.15) is 0 Å². The average Bonchev–Trinajstić information content (AvgIpc) is 2.81. The SMILES string of the molecule is CN=C(NCc1cnn(C)c1)NC1CCCCC1.I. The van der Waals surface area contributed by atoms with Gasteiger partial charge in [-0.25, -0.2) is 0 Å². The van der Waals surface area contributed by atoms with Crippen molar-refractivity contribution >= 4 is 29.9 Å². The van der Waals surface area contributed by atoms with Crippen molar-refractivity contribution in [2.45, 2.75) is 44.7 Å². The molecule has 1 saturated carbocycles. The van der Waals surface area contributed by atoms with Gasteiger partial charge >= 0.3 is 0 Å². The molecule has 0 atom stereocenters. The van der Waals surface area contributed by atoms with E-state index in [1.54, 1.807) is 0 Å². The molecule has 0 spiro atoms. The lowest BCUT2D eigenvalue weighted by molar-refractivity contribution is 0.410. The van der Waals surface area contributed by atoms with Crippen molar-refractivity contribution in [3.63, 3.8) is 0 Å². The molecule has 19 heavy (non-hydrogen) atoms. The number of aliphatic imine (C=N–C) groups is 1. The molecule has 0 bridgehead atoms. The molecule has 1 aliphatic rings. The molecule has 2 N–H and O–H groups in total. The van der Waals surface area contributed by atoms with Crippen LogP contribution in [-0.2, 0) is 13.6 Å². The first kappa shape index (κ1) is 16.3. The first-order chi connectivity index (χ1) is 8.78. The Hall–Kier alpha value is -0.790.